The van der Waals surface area contributed by atoms with E-state index >= 15 is 0 Å². The van der Waals surface area contributed by atoms with Crippen LogP contribution in [0.5, 0.6) is 0 Å². The van der Waals surface area contributed by atoms with Crippen LogP contribution >= 0.6 is 11.6 Å². The Hall–Kier alpha value is -1.11. The van der Waals surface area contributed by atoms with Crippen LogP contribution in [0.25, 0.3) is 0 Å². The molecule has 1 aliphatic rings. The van der Waals surface area contributed by atoms with E-state index in [-0.39, 0.29) is 36.0 Å². The van der Waals surface area contributed by atoms with E-state index in [0.717, 1.165) is 5.56 Å². The smallest absolute Gasteiger partial charge is 0.234 e. The highest BCUT2D eigenvalue weighted by Gasteiger charge is 2.29. The number of hydrogen-bond donors (Lipinski definition) is 1. The first-order chi connectivity index (χ1) is 10.7. The van der Waals surface area contributed by atoms with Crippen molar-refractivity contribution < 1.29 is 13.2 Å². The highest BCUT2D eigenvalue weighted by atomic mass is 35.5. The highest BCUT2D eigenvalue weighted by molar-refractivity contribution is 7.91. The van der Waals surface area contributed by atoms with Gasteiger partial charge in [0.25, 0.3) is 0 Å². The first kappa shape index (κ1) is 18.2. The largest absolute Gasteiger partial charge is 0.351 e. The van der Waals surface area contributed by atoms with Gasteiger partial charge in [0.2, 0.25) is 5.91 Å². The standard InChI is InChI=1S/C16H23ClN2O3S/c1-12(2)19(9-13-4-3-5-14(17)8-13)10-16(20)18-15-6-7-23(21,22)11-15/h3-5,8,12,15H,6-7,9-11H2,1-2H3,(H,18,20)/t15-/m1/s1. The zero-order valence-corrected chi connectivity index (χ0v) is 15.0. The van der Waals surface area contributed by atoms with Crippen LogP contribution in [0.2, 0.25) is 5.02 Å². The molecular formula is C16H23ClN2O3S. The van der Waals surface area contributed by atoms with Crippen molar-refractivity contribution in [2.45, 2.75) is 38.9 Å². The zero-order chi connectivity index (χ0) is 17.0. The van der Waals surface area contributed by atoms with Gasteiger partial charge in [-0.25, -0.2) is 8.42 Å². The number of halogens is 1. The second-order valence-corrected chi connectivity index (χ2v) is 8.96. The van der Waals surface area contributed by atoms with Gasteiger partial charge in [-0.1, -0.05) is 23.7 Å². The maximum atomic E-state index is 12.2. The van der Waals surface area contributed by atoms with E-state index in [9.17, 15) is 13.2 Å². The molecule has 0 spiro atoms. The fourth-order valence-corrected chi connectivity index (χ4v) is 4.54. The van der Waals surface area contributed by atoms with Gasteiger partial charge in [0, 0.05) is 23.7 Å². The lowest BCUT2D eigenvalue weighted by Gasteiger charge is -2.26. The van der Waals surface area contributed by atoms with Crippen LogP contribution < -0.4 is 5.32 Å². The van der Waals surface area contributed by atoms with Gasteiger partial charge in [0.15, 0.2) is 9.84 Å². The molecule has 1 N–H and O–H groups in total. The molecule has 128 valence electrons. The molecule has 1 saturated heterocycles. The number of hydrogen-bond acceptors (Lipinski definition) is 4. The van der Waals surface area contributed by atoms with Crippen molar-refractivity contribution in [3.8, 4) is 0 Å². The Morgan fingerprint density at radius 3 is 2.74 bits per heavy atom. The van der Waals surface area contributed by atoms with E-state index in [0.29, 0.717) is 18.0 Å². The summed E-state index contributed by atoms with van der Waals surface area (Å²) in [6.45, 7) is 4.91. The van der Waals surface area contributed by atoms with Gasteiger partial charge in [0.1, 0.15) is 0 Å². The second kappa shape index (κ2) is 7.64. The number of nitrogens with one attached hydrogen (secondary N) is 1. The third-order valence-electron chi connectivity index (χ3n) is 3.95. The van der Waals surface area contributed by atoms with Gasteiger partial charge >= 0.3 is 0 Å². The summed E-state index contributed by atoms with van der Waals surface area (Å²) in [7, 11) is -2.98. The third-order valence-corrected chi connectivity index (χ3v) is 5.95. The molecular weight excluding hydrogens is 336 g/mol. The number of amides is 1. The summed E-state index contributed by atoms with van der Waals surface area (Å²) in [6.07, 6.45) is 0.504. The third kappa shape index (κ3) is 5.79. The Morgan fingerprint density at radius 2 is 2.17 bits per heavy atom. The average molecular weight is 359 g/mol. The van der Waals surface area contributed by atoms with E-state index in [2.05, 4.69) is 5.32 Å². The number of carbonyl (C=O) groups is 1. The topological polar surface area (TPSA) is 66.5 Å². The lowest BCUT2D eigenvalue weighted by Crippen LogP contribution is -2.44. The van der Waals surface area contributed by atoms with Gasteiger partial charge in [-0.15, -0.1) is 0 Å². The lowest BCUT2D eigenvalue weighted by molar-refractivity contribution is -0.123. The predicted molar refractivity (Wildman–Crippen MR) is 92.2 cm³/mol. The molecule has 1 heterocycles. The molecule has 5 nitrogen and oxygen atoms in total. The minimum absolute atomic E-state index is 0.0503. The molecule has 0 unspecified atom stereocenters. The number of sulfone groups is 1. The van der Waals surface area contributed by atoms with E-state index in [1.54, 1.807) is 0 Å². The first-order valence-corrected chi connectivity index (χ1v) is 9.93. The second-order valence-electron chi connectivity index (χ2n) is 6.30. The molecule has 7 heteroatoms. The summed E-state index contributed by atoms with van der Waals surface area (Å²) in [5, 5.41) is 3.50. The number of rotatable bonds is 6. The van der Waals surface area contributed by atoms with Crippen molar-refractivity contribution in [3.05, 3.63) is 34.9 Å². The molecule has 2 rings (SSSR count). The molecule has 1 atom stereocenters. The summed E-state index contributed by atoms with van der Waals surface area (Å²) in [5.41, 5.74) is 1.04. The molecule has 0 aliphatic carbocycles. The van der Waals surface area contributed by atoms with Crippen LogP contribution in [0.3, 0.4) is 0 Å². The van der Waals surface area contributed by atoms with Crippen LogP contribution in [0.1, 0.15) is 25.8 Å². The average Bonchev–Trinajstić information content (AvgIpc) is 2.77. The molecule has 1 aliphatic heterocycles. The molecule has 1 aromatic carbocycles. The molecule has 1 fully saturated rings. The quantitative estimate of drug-likeness (QED) is 0.842. The van der Waals surface area contributed by atoms with Crippen LogP contribution in [-0.4, -0.2) is 49.4 Å². The minimum Gasteiger partial charge on any atom is -0.351 e. The molecule has 0 saturated carbocycles. The van der Waals surface area contributed by atoms with E-state index in [1.807, 2.05) is 43.0 Å². The van der Waals surface area contributed by atoms with Crippen LogP contribution in [-0.2, 0) is 21.2 Å². The van der Waals surface area contributed by atoms with Crippen molar-refractivity contribution in [3.63, 3.8) is 0 Å². The van der Waals surface area contributed by atoms with Crippen LogP contribution in [0, 0.1) is 0 Å². The summed E-state index contributed by atoms with van der Waals surface area (Å²) in [5.74, 6) is 0.0751. The van der Waals surface area contributed by atoms with E-state index in [4.69, 9.17) is 11.6 Å². The van der Waals surface area contributed by atoms with Crippen molar-refractivity contribution >= 4 is 27.3 Å². The Morgan fingerprint density at radius 1 is 1.43 bits per heavy atom. The Balaban J connectivity index is 1.92. The van der Waals surface area contributed by atoms with Gasteiger partial charge in [0.05, 0.1) is 18.1 Å². The molecule has 1 amide bonds. The maximum absolute atomic E-state index is 12.2. The van der Waals surface area contributed by atoms with E-state index < -0.39 is 9.84 Å². The van der Waals surface area contributed by atoms with Crippen LogP contribution in [0.15, 0.2) is 24.3 Å². The Labute approximate surface area is 142 Å². The van der Waals surface area contributed by atoms with Crippen molar-refractivity contribution in [1.82, 2.24) is 10.2 Å². The van der Waals surface area contributed by atoms with Gasteiger partial charge in [-0.05, 0) is 38.0 Å². The molecule has 23 heavy (non-hydrogen) atoms. The first-order valence-electron chi connectivity index (χ1n) is 7.73. The SMILES string of the molecule is CC(C)N(CC(=O)N[C@@H]1CCS(=O)(=O)C1)Cc1cccc(Cl)c1. The fraction of sp³-hybridized carbons (Fsp3) is 0.562. The van der Waals surface area contributed by atoms with Gasteiger partial charge in [-0.3, -0.25) is 9.69 Å². The molecule has 0 radical (unpaired) electrons. The minimum atomic E-state index is -2.98. The highest BCUT2D eigenvalue weighted by Crippen LogP contribution is 2.15. The summed E-state index contributed by atoms with van der Waals surface area (Å²) >= 11 is 6.00. The summed E-state index contributed by atoms with van der Waals surface area (Å²) in [4.78, 5) is 14.2. The van der Waals surface area contributed by atoms with E-state index in [1.165, 1.54) is 0 Å². The van der Waals surface area contributed by atoms with Crippen LogP contribution in [0.4, 0.5) is 0 Å². The lowest BCUT2D eigenvalue weighted by atomic mass is 10.2. The van der Waals surface area contributed by atoms with Gasteiger partial charge < -0.3 is 5.32 Å². The van der Waals surface area contributed by atoms with Crippen molar-refractivity contribution in [2.24, 2.45) is 0 Å². The number of carbonyl (C=O) groups excluding carboxylic acids is 1. The molecule has 0 aromatic heterocycles. The summed E-state index contributed by atoms with van der Waals surface area (Å²) in [6, 6.07) is 7.50. The molecule has 1 aromatic rings. The van der Waals surface area contributed by atoms with Gasteiger partial charge in [-0.2, -0.15) is 0 Å². The van der Waals surface area contributed by atoms with Crippen molar-refractivity contribution in [2.75, 3.05) is 18.1 Å². The monoisotopic (exact) mass is 358 g/mol. The Kier molecular flexibility index (Phi) is 6.06. The molecule has 0 bridgehead atoms. The number of nitrogens with zero attached hydrogens (tertiary/aromatic N) is 1. The fourth-order valence-electron chi connectivity index (χ4n) is 2.66. The zero-order valence-electron chi connectivity index (χ0n) is 13.5. The maximum Gasteiger partial charge on any atom is 0.234 e. The Bertz CT molecular complexity index is 661. The van der Waals surface area contributed by atoms with Crippen molar-refractivity contribution in [1.29, 1.82) is 0 Å². The normalized spacial score (nSPS) is 20.1. The predicted octanol–water partition coefficient (Wildman–Crippen LogP) is 1.85. The summed E-state index contributed by atoms with van der Waals surface area (Å²) < 4.78 is 22.9. The number of benzene rings is 1.